The Hall–Kier alpha value is -2.66. The van der Waals surface area contributed by atoms with Crippen LogP contribution >= 0.6 is 0 Å². The minimum absolute atomic E-state index is 0.169. The molecule has 0 fully saturated rings. The van der Waals surface area contributed by atoms with E-state index in [1.807, 2.05) is 42.5 Å². The summed E-state index contributed by atoms with van der Waals surface area (Å²) in [5.41, 5.74) is 8.75. The van der Waals surface area contributed by atoms with Crippen LogP contribution in [0.25, 0.3) is 0 Å². The maximum Gasteiger partial charge on any atom is 0.322 e. The van der Waals surface area contributed by atoms with E-state index >= 15 is 0 Å². The minimum Gasteiger partial charge on any atom is -0.468 e. The van der Waals surface area contributed by atoms with Gasteiger partial charge >= 0.3 is 5.97 Å². The van der Waals surface area contributed by atoms with Crippen LogP contribution in [0.2, 0.25) is 0 Å². The maximum atomic E-state index is 11.9. The summed E-state index contributed by atoms with van der Waals surface area (Å²) in [5, 5.41) is 2.80. The molecule has 0 radical (unpaired) electrons. The monoisotopic (exact) mass is 326 g/mol. The Morgan fingerprint density at radius 1 is 1.04 bits per heavy atom. The Balaban J connectivity index is 1.83. The van der Waals surface area contributed by atoms with E-state index in [0.717, 1.165) is 12.1 Å². The number of amides is 1. The summed E-state index contributed by atoms with van der Waals surface area (Å²) in [4.78, 5) is 23.1. The van der Waals surface area contributed by atoms with Crippen molar-refractivity contribution in [3.8, 4) is 0 Å². The molecule has 0 aliphatic rings. The molecule has 24 heavy (non-hydrogen) atoms. The summed E-state index contributed by atoms with van der Waals surface area (Å²) in [6.45, 7) is 0. The van der Waals surface area contributed by atoms with E-state index < -0.39 is 12.0 Å². The van der Waals surface area contributed by atoms with Crippen molar-refractivity contribution in [2.24, 2.45) is 5.73 Å². The first-order valence-corrected chi connectivity index (χ1v) is 7.84. The van der Waals surface area contributed by atoms with Crippen molar-refractivity contribution in [1.82, 2.24) is 0 Å². The van der Waals surface area contributed by atoms with Gasteiger partial charge in [0.05, 0.1) is 7.11 Å². The lowest BCUT2D eigenvalue weighted by molar-refractivity contribution is -0.142. The van der Waals surface area contributed by atoms with Crippen molar-refractivity contribution in [3.63, 3.8) is 0 Å². The number of nitrogens with two attached hydrogens (primary N) is 1. The number of ether oxygens (including phenoxy) is 1. The summed E-state index contributed by atoms with van der Waals surface area (Å²) in [7, 11) is 1.28. The van der Waals surface area contributed by atoms with Gasteiger partial charge in [-0.05, 0) is 36.1 Å². The molecule has 5 nitrogen and oxygen atoms in total. The largest absolute Gasteiger partial charge is 0.468 e. The molecule has 0 spiro atoms. The smallest absolute Gasteiger partial charge is 0.322 e. The highest BCUT2D eigenvalue weighted by atomic mass is 16.5. The van der Waals surface area contributed by atoms with E-state index in [1.54, 1.807) is 0 Å². The number of hydrogen-bond acceptors (Lipinski definition) is 4. The minimum atomic E-state index is -0.769. The SMILES string of the molecule is COC(=O)C(N)CCC(=O)Nc1ccc(Cc2ccccc2)cc1. The van der Waals surface area contributed by atoms with Gasteiger partial charge in [-0.15, -0.1) is 0 Å². The van der Waals surface area contributed by atoms with Crippen LogP contribution in [0.1, 0.15) is 24.0 Å². The molecule has 0 bridgehead atoms. The number of esters is 1. The number of hydrogen-bond donors (Lipinski definition) is 2. The lowest BCUT2D eigenvalue weighted by Gasteiger charge is -2.10. The molecule has 3 N–H and O–H groups in total. The molecule has 1 unspecified atom stereocenters. The summed E-state index contributed by atoms with van der Waals surface area (Å²) in [6.07, 6.45) is 1.27. The molecular formula is C19H22N2O3. The summed E-state index contributed by atoms with van der Waals surface area (Å²) < 4.78 is 4.53. The normalized spacial score (nSPS) is 11.6. The first-order valence-electron chi connectivity index (χ1n) is 7.84. The lowest BCUT2D eigenvalue weighted by Crippen LogP contribution is -2.32. The van der Waals surface area contributed by atoms with Gasteiger partial charge in [0.25, 0.3) is 0 Å². The molecule has 2 rings (SSSR count). The lowest BCUT2D eigenvalue weighted by atomic mass is 10.0. The van der Waals surface area contributed by atoms with Gasteiger partial charge in [-0.25, -0.2) is 0 Å². The van der Waals surface area contributed by atoms with Crippen LogP contribution in [0, 0.1) is 0 Å². The molecule has 2 aromatic rings. The molecule has 5 heteroatoms. The molecule has 2 aromatic carbocycles. The average molecular weight is 326 g/mol. The van der Waals surface area contributed by atoms with E-state index in [9.17, 15) is 9.59 Å². The zero-order valence-corrected chi connectivity index (χ0v) is 13.7. The van der Waals surface area contributed by atoms with Gasteiger partial charge in [0, 0.05) is 12.1 Å². The van der Waals surface area contributed by atoms with Gasteiger partial charge in [0.1, 0.15) is 6.04 Å². The third-order valence-corrected chi connectivity index (χ3v) is 3.68. The Morgan fingerprint density at radius 2 is 1.67 bits per heavy atom. The number of carbonyl (C=O) groups excluding carboxylic acids is 2. The molecule has 1 amide bonds. The van der Waals surface area contributed by atoms with Crippen LogP contribution in [0.4, 0.5) is 5.69 Å². The Morgan fingerprint density at radius 3 is 2.29 bits per heavy atom. The second-order valence-electron chi connectivity index (χ2n) is 5.58. The van der Waals surface area contributed by atoms with Gasteiger partial charge in [-0.2, -0.15) is 0 Å². The fourth-order valence-corrected chi connectivity index (χ4v) is 2.32. The van der Waals surface area contributed by atoms with Crippen LogP contribution in [0.3, 0.4) is 0 Å². The quantitative estimate of drug-likeness (QED) is 0.766. The molecular weight excluding hydrogens is 304 g/mol. The zero-order valence-electron chi connectivity index (χ0n) is 13.7. The van der Waals surface area contributed by atoms with Gasteiger partial charge in [-0.3, -0.25) is 9.59 Å². The van der Waals surface area contributed by atoms with E-state index in [2.05, 4.69) is 22.2 Å². The first-order chi connectivity index (χ1) is 11.6. The Bertz CT molecular complexity index is 669. The van der Waals surface area contributed by atoms with Crippen molar-refractivity contribution in [2.75, 3.05) is 12.4 Å². The zero-order chi connectivity index (χ0) is 17.4. The summed E-state index contributed by atoms with van der Waals surface area (Å²) in [5.74, 6) is -0.682. The predicted octanol–water partition coefficient (Wildman–Crippen LogP) is 2.50. The molecule has 0 saturated heterocycles. The van der Waals surface area contributed by atoms with E-state index in [0.29, 0.717) is 0 Å². The van der Waals surface area contributed by atoms with Crippen molar-refractivity contribution < 1.29 is 14.3 Å². The number of nitrogens with one attached hydrogen (secondary N) is 1. The van der Waals surface area contributed by atoms with Gasteiger partial charge in [0.2, 0.25) is 5.91 Å². The highest BCUT2D eigenvalue weighted by molar-refractivity contribution is 5.91. The highest BCUT2D eigenvalue weighted by Crippen LogP contribution is 2.14. The Kier molecular flexibility index (Phi) is 6.51. The van der Waals surface area contributed by atoms with Gasteiger partial charge in [0.15, 0.2) is 0 Å². The maximum absolute atomic E-state index is 11.9. The summed E-state index contributed by atoms with van der Waals surface area (Å²) in [6, 6.07) is 17.1. The van der Waals surface area contributed by atoms with Crippen LogP contribution in [0.15, 0.2) is 54.6 Å². The molecule has 126 valence electrons. The van der Waals surface area contributed by atoms with Crippen molar-refractivity contribution >= 4 is 17.6 Å². The van der Waals surface area contributed by atoms with Crippen molar-refractivity contribution in [2.45, 2.75) is 25.3 Å². The molecule has 0 heterocycles. The van der Waals surface area contributed by atoms with E-state index in [-0.39, 0.29) is 18.7 Å². The molecule has 0 aliphatic carbocycles. The predicted molar refractivity (Wildman–Crippen MR) is 93.5 cm³/mol. The Labute approximate surface area is 141 Å². The first kappa shape index (κ1) is 17.7. The number of carbonyl (C=O) groups is 2. The van der Waals surface area contributed by atoms with Gasteiger partial charge in [-0.1, -0.05) is 42.5 Å². The van der Waals surface area contributed by atoms with Crippen LogP contribution in [-0.2, 0) is 20.7 Å². The second kappa shape index (κ2) is 8.84. The second-order valence-corrected chi connectivity index (χ2v) is 5.58. The molecule has 0 saturated carbocycles. The van der Waals surface area contributed by atoms with Crippen LogP contribution in [0.5, 0.6) is 0 Å². The van der Waals surface area contributed by atoms with Gasteiger partial charge < -0.3 is 15.8 Å². The van der Waals surface area contributed by atoms with E-state index in [1.165, 1.54) is 18.2 Å². The highest BCUT2D eigenvalue weighted by Gasteiger charge is 2.15. The fraction of sp³-hybridized carbons (Fsp3) is 0.263. The third-order valence-electron chi connectivity index (χ3n) is 3.68. The van der Waals surface area contributed by atoms with Crippen molar-refractivity contribution in [1.29, 1.82) is 0 Å². The standard InChI is InChI=1S/C19H22N2O3/c1-24-19(23)17(20)11-12-18(22)21-16-9-7-15(8-10-16)13-14-5-3-2-4-6-14/h2-10,17H,11-13,20H2,1H3,(H,21,22). The fourth-order valence-electron chi connectivity index (χ4n) is 2.32. The topological polar surface area (TPSA) is 81.4 Å². The summed E-state index contributed by atoms with van der Waals surface area (Å²) >= 11 is 0. The number of benzene rings is 2. The number of anilines is 1. The average Bonchev–Trinajstić information content (AvgIpc) is 2.61. The third kappa shape index (κ3) is 5.52. The number of methoxy groups -OCH3 is 1. The number of rotatable bonds is 7. The molecule has 0 aromatic heterocycles. The van der Waals surface area contributed by atoms with Crippen molar-refractivity contribution in [3.05, 3.63) is 65.7 Å². The molecule has 1 atom stereocenters. The van der Waals surface area contributed by atoms with E-state index in [4.69, 9.17) is 5.73 Å². The molecule has 0 aliphatic heterocycles. The van der Waals surface area contributed by atoms with Crippen LogP contribution < -0.4 is 11.1 Å². The van der Waals surface area contributed by atoms with Crippen LogP contribution in [-0.4, -0.2) is 25.0 Å².